The van der Waals surface area contributed by atoms with Crippen molar-refractivity contribution in [3.05, 3.63) is 86.9 Å². The Labute approximate surface area is 220 Å². The Morgan fingerprint density at radius 2 is 1.97 bits per heavy atom. The van der Waals surface area contributed by atoms with E-state index >= 15 is 0 Å². The summed E-state index contributed by atoms with van der Waals surface area (Å²) in [6.45, 7) is -0.0178. The number of furan rings is 1. The molecule has 37 heavy (non-hydrogen) atoms. The number of hydrogen-bond acceptors (Lipinski definition) is 8. The third-order valence-corrected chi connectivity index (χ3v) is 5.99. The lowest BCUT2D eigenvalue weighted by molar-refractivity contribution is -0.123. The van der Waals surface area contributed by atoms with Crippen molar-refractivity contribution in [3.63, 3.8) is 0 Å². The molecule has 1 aromatic heterocycles. The van der Waals surface area contributed by atoms with E-state index in [-0.39, 0.29) is 30.4 Å². The van der Waals surface area contributed by atoms with Crippen LogP contribution in [0.2, 0.25) is 0 Å². The largest absolute Gasteiger partial charge is 0.493 e. The first-order valence-corrected chi connectivity index (χ1v) is 11.6. The number of carbonyl (C=O) groups excluding carboxylic acids is 3. The summed E-state index contributed by atoms with van der Waals surface area (Å²) in [6.07, 6.45) is 1.50. The highest BCUT2D eigenvalue weighted by Crippen LogP contribution is 2.38. The second-order valence-corrected chi connectivity index (χ2v) is 8.58. The Hall–Kier alpha value is -4.56. The lowest BCUT2D eigenvalue weighted by Gasteiger charge is -2.14. The summed E-state index contributed by atoms with van der Waals surface area (Å²) in [6, 6.07) is 14.9. The molecule has 0 unspecified atom stereocenters. The number of imide groups is 1. The zero-order chi connectivity index (χ0) is 26.5. The molecule has 11 heteroatoms. The molecule has 2 aromatic carbocycles. The molecule has 1 saturated heterocycles. The molecule has 0 bridgehead atoms. The molecular weight excluding hydrogens is 546 g/mol. The minimum Gasteiger partial charge on any atom is -0.493 e. The van der Waals surface area contributed by atoms with Gasteiger partial charge in [0.15, 0.2) is 11.5 Å². The van der Waals surface area contributed by atoms with Gasteiger partial charge in [0.25, 0.3) is 5.91 Å². The van der Waals surface area contributed by atoms with Crippen LogP contribution in [0.25, 0.3) is 6.08 Å². The van der Waals surface area contributed by atoms with E-state index in [2.05, 4.69) is 32.1 Å². The molecule has 188 valence electrons. The van der Waals surface area contributed by atoms with Crippen LogP contribution >= 0.6 is 15.9 Å². The van der Waals surface area contributed by atoms with Gasteiger partial charge < -0.3 is 23.9 Å². The highest BCUT2D eigenvalue weighted by molar-refractivity contribution is 9.10. The lowest BCUT2D eigenvalue weighted by atomic mass is 10.1. The molecule has 10 nitrogen and oxygen atoms in total. The second-order valence-electron chi connectivity index (χ2n) is 7.73. The molecular formula is C26H20BrN3O7. The average molecular weight is 566 g/mol. The van der Waals surface area contributed by atoms with Gasteiger partial charge in [0, 0.05) is 5.56 Å². The molecule has 0 aliphatic carbocycles. The first-order chi connectivity index (χ1) is 17.8. The van der Waals surface area contributed by atoms with Gasteiger partial charge in [-0.25, -0.2) is 9.59 Å². The maximum absolute atomic E-state index is 12.9. The van der Waals surface area contributed by atoms with Gasteiger partial charge in [-0.15, -0.1) is 0 Å². The topological polar surface area (TPSA) is 131 Å². The van der Waals surface area contributed by atoms with Gasteiger partial charge in [0.2, 0.25) is 5.76 Å². The molecule has 0 radical (unpaired) electrons. The van der Waals surface area contributed by atoms with Crippen molar-refractivity contribution < 1.29 is 33.0 Å². The number of methoxy groups -OCH3 is 2. The number of amides is 3. The number of nitrogens with zero attached hydrogens (tertiary/aromatic N) is 2. The normalized spacial score (nSPS) is 13.9. The standard InChI is InChI=1S/C26H20BrN3O7/c1-34-22-11-15(9-19(27)23(22)36-14-17-6-4-3-5-16(17)12-28)10-20-24(31)30(26(33)29-20)13-18-7-8-21(37-18)25(32)35-2/h3-11H,13-14H2,1-2H3,(H,29,33)/b20-10-. The molecule has 0 atom stereocenters. The fourth-order valence-electron chi connectivity index (χ4n) is 3.58. The predicted octanol–water partition coefficient (Wildman–Crippen LogP) is 4.38. The maximum Gasteiger partial charge on any atom is 0.373 e. The number of nitrogens with one attached hydrogen (secondary N) is 1. The third kappa shape index (κ3) is 5.49. The predicted molar refractivity (Wildman–Crippen MR) is 133 cm³/mol. The fourth-order valence-corrected chi connectivity index (χ4v) is 4.15. The molecule has 0 saturated carbocycles. The lowest BCUT2D eigenvalue weighted by Crippen LogP contribution is -2.30. The van der Waals surface area contributed by atoms with Gasteiger partial charge in [0.1, 0.15) is 18.1 Å². The van der Waals surface area contributed by atoms with E-state index in [4.69, 9.17) is 13.9 Å². The zero-order valence-corrected chi connectivity index (χ0v) is 21.3. The molecule has 3 amide bonds. The van der Waals surface area contributed by atoms with Gasteiger partial charge in [-0.3, -0.25) is 9.69 Å². The van der Waals surface area contributed by atoms with Crippen LogP contribution in [0.3, 0.4) is 0 Å². The Bertz CT molecular complexity index is 1450. The van der Waals surface area contributed by atoms with Gasteiger partial charge in [0.05, 0.1) is 36.9 Å². The van der Waals surface area contributed by atoms with Gasteiger partial charge >= 0.3 is 12.0 Å². The van der Waals surface area contributed by atoms with E-state index < -0.39 is 17.9 Å². The third-order valence-electron chi connectivity index (χ3n) is 5.40. The molecule has 2 heterocycles. The van der Waals surface area contributed by atoms with Crippen molar-refractivity contribution in [2.75, 3.05) is 14.2 Å². The van der Waals surface area contributed by atoms with Crippen molar-refractivity contribution in [2.45, 2.75) is 13.2 Å². The number of halogens is 1. The van der Waals surface area contributed by atoms with Crippen LogP contribution in [0.1, 0.15) is 33.0 Å². The Morgan fingerprint density at radius 3 is 2.70 bits per heavy atom. The van der Waals surface area contributed by atoms with Crippen LogP contribution in [-0.4, -0.2) is 37.0 Å². The van der Waals surface area contributed by atoms with Crippen molar-refractivity contribution in [2.24, 2.45) is 0 Å². The van der Waals surface area contributed by atoms with Crippen molar-refractivity contribution in [1.82, 2.24) is 10.2 Å². The number of esters is 1. The van der Waals surface area contributed by atoms with E-state index in [1.165, 1.54) is 32.4 Å². The molecule has 4 rings (SSSR count). The maximum atomic E-state index is 12.9. The van der Waals surface area contributed by atoms with Gasteiger partial charge in [-0.05, 0) is 57.9 Å². The van der Waals surface area contributed by atoms with E-state index in [9.17, 15) is 19.6 Å². The SMILES string of the molecule is COC(=O)c1ccc(CN2C(=O)N/C(=C\c3cc(Br)c(OCc4ccccc4C#N)c(OC)c3)C2=O)o1. The molecule has 3 aromatic rings. The van der Waals surface area contributed by atoms with E-state index in [0.29, 0.717) is 27.1 Å². The Morgan fingerprint density at radius 1 is 1.19 bits per heavy atom. The molecule has 1 fully saturated rings. The van der Waals surface area contributed by atoms with E-state index in [0.717, 1.165) is 10.5 Å². The van der Waals surface area contributed by atoms with E-state index in [1.807, 2.05) is 6.07 Å². The number of ether oxygens (including phenoxy) is 3. The zero-order valence-electron chi connectivity index (χ0n) is 19.7. The highest BCUT2D eigenvalue weighted by atomic mass is 79.9. The molecule has 1 aliphatic heterocycles. The summed E-state index contributed by atoms with van der Waals surface area (Å²) in [5.74, 6) is -0.213. The number of carbonyl (C=O) groups is 3. The van der Waals surface area contributed by atoms with Crippen LogP contribution in [0.15, 0.2) is 63.1 Å². The summed E-state index contributed by atoms with van der Waals surface area (Å²) in [4.78, 5) is 37.9. The number of rotatable bonds is 8. The number of nitriles is 1. The van der Waals surface area contributed by atoms with Crippen LogP contribution in [0.4, 0.5) is 4.79 Å². The average Bonchev–Trinajstić information content (AvgIpc) is 3.47. The van der Waals surface area contributed by atoms with Gasteiger partial charge in [-0.2, -0.15) is 5.26 Å². The number of benzene rings is 2. The number of urea groups is 1. The molecule has 0 spiro atoms. The smallest absolute Gasteiger partial charge is 0.373 e. The van der Waals surface area contributed by atoms with Crippen LogP contribution in [0.5, 0.6) is 11.5 Å². The van der Waals surface area contributed by atoms with Crippen LogP contribution < -0.4 is 14.8 Å². The Kier molecular flexibility index (Phi) is 7.60. The monoisotopic (exact) mass is 565 g/mol. The van der Waals surface area contributed by atoms with E-state index in [1.54, 1.807) is 30.3 Å². The van der Waals surface area contributed by atoms with Crippen LogP contribution in [-0.2, 0) is 22.7 Å². The molecule has 1 N–H and O–H groups in total. The fraction of sp³-hybridized carbons (Fsp3) is 0.154. The summed E-state index contributed by atoms with van der Waals surface area (Å²) in [5.41, 5.74) is 1.84. The minimum absolute atomic E-state index is 0.0318. The van der Waals surface area contributed by atoms with Gasteiger partial charge in [-0.1, -0.05) is 18.2 Å². The summed E-state index contributed by atoms with van der Waals surface area (Å²) >= 11 is 3.47. The second kappa shape index (κ2) is 11.0. The summed E-state index contributed by atoms with van der Waals surface area (Å²) in [7, 11) is 2.70. The summed E-state index contributed by atoms with van der Waals surface area (Å²) in [5, 5.41) is 11.8. The first kappa shape index (κ1) is 25.5. The quantitative estimate of drug-likeness (QED) is 0.242. The Balaban J connectivity index is 1.52. The first-order valence-electron chi connectivity index (χ1n) is 10.8. The minimum atomic E-state index is -0.662. The van der Waals surface area contributed by atoms with Crippen molar-refractivity contribution in [3.8, 4) is 17.6 Å². The number of hydrogen-bond donors (Lipinski definition) is 1. The van der Waals surface area contributed by atoms with Crippen LogP contribution in [0, 0.1) is 11.3 Å². The summed E-state index contributed by atoms with van der Waals surface area (Å²) < 4.78 is 21.9. The molecule has 1 aliphatic rings. The highest BCUT2D eigenvalue weighted by Gasteiger charge is 2.34. The van der Waals surface area contributed by atoms with Crippen molar-refractivity contribution in [1.29, 1.82) is 5.26 Å². The van der Waals surface area contributed by atoms with Crippen molar-refractivity contribution >= 4 is 39.9 Å².